The Labute approximate surface area is 120 Å². The molecule has 0 fully saturated rings. The van der Waals surface area contributed by atoms with Crippen LogP contribution in [0.2, 0.25) is 0 Å². The van der Waals surface area contributed by atoms with Gasteiger partial charge in [-0.3, -0.25) is 0 Å². The summed E-state index contributed by atoms with van der Waals surface area (Å²) in [5.41, 5.74) is 4.13. The summed E-state index contributed by atoms with van der Waals surface area (Å²) in [5.74, 6) is 2.69. The molecule has 0 radical (unpaired) electrons. The molecule has 0 saturated heterocycles. The molecule has 0 aliphatic heterocycles. The molecule has 1 heteroatoms. The van der Waals surface area contributed by atoms with Gasteiger partial charge in [-0.15, -0.1) is 0 Å². The fourth-order valence-electron chi connectivity index (χ4n) is 2.20. The van der Waals surface area contributed by atoms with Crippen LogP contribution in [0.15, 0.2) is 12.1 Å². The number of hydrogen-bond donors (Lipinski definition) is 0. The molecule has 0 N–H and O–H groups in total. The lowest BCUT2D eigenvalue weighted by atomic mass is 9.88. The molecule has 0 aliphatic rings. The predicted octanol–water partition coefficient (Wildman–Crippen LogP) is 6.09. The van der Waals surface area contributed by atoms with Crippen LogP contribution in [0.4, 0.5) is 0 Å². The number of benzene rings is 1. The average molecular weight is 264 g/mol. The number of rotatable bonds is 5. The molecule has 0 atom stereocenters. The molecule has 0 spiro atoms. The number of hydrogen-bond acceptors (Lipinski definition) is 1. The van der Waals surface area contributed by atoms with Crippen LogP contribution in [0.1, 0.15) is 90.3 Å². The van der Waals surface area contributed by atoms with Gasteiger partial charge in [-0.05, 0) is 41.4 Å². The van der Waals surface area contributed by atoms with E-state index in [0.717, 1.165) is 12.4 Å². The Hall–Kier alpha value is -0.980. The van der Waals surface area contributed by atoms with Gasteiger partial charge < -0.3 is 4.74 Å². The topological polar surface area (TPSA) is 9.23 Å². The molecule has 0 saturated carbocycles. The monoisotopic (exact) mass is 264 g/mol. The van der Waals surface area contributed by atoms with E-state index in [0.29, 0.717) is 17.8 Å². The van der Waals surface area contributed by atoms with Crippen molar-refractivity contribution in [2.75, 3.05) is 6.61 Å². The van der Waals surface area contributed by atoms with E-state index in [1.54, 1.807) is 0 Å². The van der Waals surface area contributed by atoms with Crippen LogP contribution in [0, 0.1) is 0 Å². The molecule has 19 heavy (non-hydrogen) atoms. The van der Waals surface area contributed by atoms with Gasteiger partial charge in [-0.25, -0.2) is 0 Å². The Morgan fingerprint density at radius 1 is 0.842 bits per heavy atom. The highest BCUT2D eigenvalue weighted by Crippen LogP contribution is 2.37. The zero-order valence-corrected chi connectivity index (χ0v) is 13.0. The highest BCUT2D eigenvalue weighted by Gasteiger charge is 2.17. The zero-order chi connectivity index (χ0) is 13.9. The molecular weight excluding hydrogens is 232 g/mol. The van der Waals surface area contributed by atoms with Gasteiger partial charge in [0.2, 0.25) is 0 Å². The minimum Gasteiger partial charge on any atom is -0.493 e. The van der Waals surface area contributed by atoms with Gasteiger partial charge in [0.15, 0.2) is 0 Å². The molecule has 1 rings (SSSR count). The fraction of sp³-hybridized carbons (Fsp3) is 0.667. The second-order valence-electron chi connectivity index (χ2n) is 5.93. The largest absolute Gasteiger partial charge is 0.493 e. The third-order valence-electron chi connectivity index (χ3n) is 3.37. The van der Waals surface area contributed by atoms with Crippen molar-refractivity contribution in [1.29, 1.82) is 0 Å². The Morgan fingerprint density at radius 3 is 1.53 bits per heavy atom. The molecule has 0 aromatic heterocycles. The normalized spacial score (nSPS) is 11.1. The molecule has 110 valence electrons. The van der Waals surface area contributed by atoms with Gasteiger partial charge >= 0.3 is 0 Å². The van der Waals surface area contributed by atoms with Crippen LogP contribution in [-0.4, -0.2) is 6.61 Å². The molecule has 0 unspecified atom stereocenters. The highest BCUT2D eigenvalue weighted by molar-refractivity contribution is 5.48. The van der Waals surface area contributed by atoms with Gasteiger partial charge in [-0.2, -0.15) is 0 Å². The zero-order valence-electron chi connectivity index (χ0n) is 13.0. The van der Waals surface area contributed by atoms with Crippen molar-refractivity contribution in [2.45, 2.75) is 73.6 Å². The van der Waals surface area contributed by atoms with E-state index in [-0.39, 0.29) is 7.43 Å². The lowest BCUT2D eigenvalue weighted by Crippen LogP contribution is -2.06. The minimum absolute atomic E-state index is 0. The maximum atomic E-state index is 5.93. The second-order valence-corrected chi connectivity index (χ2v) is 5.93. The maximum absolute atomic E-state index is 5.93. The molecule has 1 aromatic rings. The molecule has 1 aromatic carbocycles. The number of ether oxygens (including phenoxy) is 1. The van der Waals surface area contributed by atoms with Crippen molar-refractivity contribution in [3.8, 4) is 5.75 Å². The minimum atomic E-state index is 0. The Bertz CT molecular complexity index is 360. The fourth-order valence-corrected chi connectivity index (χ4v) is 2.20. The van der Waals surface area contributed by atoms with Gasteiger partial charge in [-0.1, -0.05) is 61.1 Å². The van der Waals surface area contributed by atoms with Crippen molar-refractivity contribution in [3.05, 3.63) is 28.8 Å². The summed E-state index contributed by atoms with van der Waals surface area (Å²) in [6, 6.07) is 4.65. The Balaban J connectivity index is 0.00000324. The van der Waals surface area contributed by atoms with Crippen LogP contribution >= 0.6 is 0 Å². The average Bonchev–Trinajstić information content (AvgIpc) is 2.28. The first-order chi connectivity index (χ1) is 8.38. The van der Waals surface area contributed by atoms with Crippen LogP contribution in [0.5, 0.6) is 5.75 Å². The SMILES string of the molecule is C.CCOc1c(C(C)C)cc(C(C)C)cc1C(C)C. The van der Waals surface area contributed by atoms with E-state index in [9.17, 15) is 0 Å². The summed E-state index contributed by atoms with van der Waals surface area (Å²) in [7, 11) is 0. The van der Waals surface area contributed by atoms with E-state index in [1.807, 2.05) is 0 Å². The van der Waals surface area contributed by atoms with Crippen LogP contribution in [0.25, 0.3) is 0 Å². The lowest BCUT2D eigenvalue weighted by molar-refractivity contribution is 0.330. The summed E-state index contributed by atoms with van der Waals surface area (Å²) in [5, 5.41) is 0. The molecule has 0 bridgehead atoms. The van der Waals surface area contributed by atoms with Gasteiger partial charge in [0, 0.05) is 0 Å². The summed E-state index contributed by atoms with van der Waals surface area (Å²) in [4.78, 5) is 0. The first-order valence-electron chi connectivity index (χ1n) is 7.18. The summed E-state index contributed by atoms with van der Waals surface area (Å²) < 4.78 is 5.93. The first kappa shape index (κ1) is 18.0. The van der Waals surface area contributed by atoms with Crippen molar-refractivity contribution in [2.24, 2.45) is 0 Å². The standard InChI is InChI=1S/C17H28O.CH4/c1-8-18-17-15(12(4)5)9-14(11(2)3)10-16(17)13(6)7;/h9-13H,8H2,1-7H3;1H4. The van der Waals surface area contributed by atoms with Crippen LogP contribution < -0.4 is 4.74 Å². The Kier molecular flexibility index (Phi) is 7.18. The second kappa shape index (κ2) is 7.57. The van der Waals surface area contributed by atoms with Gasteiger partial charge in [0.1, 0.15) is 5.75 Å². The van der Waals surface area contributed by atoms with E-state index in [2.05, 4.69) is 60.6 Å². The molecule has 1 nitrogen and oxygen atoms in total. The maximum Gasteiger partial charge on any atom is 0.126 e. The van der Waals surface area contributed by atoms with Crippen LogP contribution in [0.3, 0.4) is 0 Å². The highest BCUT2D eigenvalue weighted by atomic mass is 16.5. The molecule has 0 heterocycles. The van der Waals surface area contributed by atoms with Crippen molar-refractivity contribution >= 4 is 0 Å². The molecule has 0 amide bonds. The van der Waals surface area contributed by atoms with E-state index < -0.39 is 0 Å². The molecular formula is C18H32O. The van der Waals surface area contributed by atoms with Crippen molar-refractivity contribution < 1.29 is 4.74 Å². The van der Waals surface area contributed by atoms with E-state index in [4.69, 9.17) is 4.74 Å². The third kappa shape index (κ3) is 4.26. The predicted molar refractivity (Wildman–Crippen MR) is 86.6 cm³/mol. The van der Waals surface area contributed by atoms with E-state index in [1.165, 1.54) is 16.7 Å². The third-order valence-corrected chi connectivity index (χ3v) is 3.37. The lowest BCUT2D eigenvalue weighted by Gasteiger charge is -2.22. The van der Waals surface area contributed by atoms with Crippen molar-refractivity contribution in [1.82, 2.24) is 0 Å². The van der Waals surface area contributed by atoms with Gasteiger partial charge in [0.05, 0.1) is 6.61 Å². The smallest absolute Gasteiger partial charge is 0.126 e. The summed E-state index contributed by atoms with van der Waals surface area (Å²) in [6.45, 7) is 16.3. The summed E-state index contributed by atoms with van der Waals surface area (Å²) >= 11 is 0. The summed E-state index contributed by atoms with van der Waals surface area (Å²) in [6.07, 6.45) is 0. The first-order valence-corrected chi connectivity index (χ1v) is 7.18. The molecule has 0 aliphatic carbocycles. The Morgan fingerprint density at radius 2 is 1.26 bits per heavy atom. The quantitative estimate of drug-likeness (QED) is 0.625. The van der Waals surface area contributed by atoms with Gasteiger partial charge in [0.25, 0.3) is 0 Å². The van der Waals surface area contributed by atoms with Crippen LogP contribution in [-0.2, 0) is 0 Å². The van der Waals surface area contributed by atoms with E-state index >= 15 is 0 Å². The van der Waals surface area contributed by atoms with Crippen molar-refractivity contribution in [3.63, 3.8) is 0 Å².